The molecule has 11 heavy (non-hydrogen) atoms. The van der Waals surface area contributed by atoms with E-state index in [0.717, 1.165) is 5.39 Å². The fraction of sp³-hybridized carbons (Fsp3) is 0. The fourth-order valence-electron chi connectivity index (χ4n) is 0.912. The van der Waals surface area contributed by atoms with Crippen molar-refractivity contribution in [3.05, 3.63) is 41.0 Å². The Labute approximate surface area is 62.3 Å². The van der Waals surface area contributed by atoms with E-state index in [-0.39, 0.29) is 5.63 Å². The average Bonchev–Trinajstić information content (AvgIpc) is 2.04. The lowest BCUT2D eigenvalue weighted by molar-refractivity contribution is 0.560. The van der Waals surface area contributed by atoms with Gasteiger partial charge in [-0.15, -0.1) is 0 Å². The first-order chi connectivity index (χ1) is 5.36. The molecule has 0 unspecified atom stereocenters. The monoisotopic (exact) mass is 147 g/mol. The second-order valence-electron chi connectivity index (χ2n) is 2.17. The molecule has 3 nitrogen and oxygen atoms in total. The van der Waals surface area contributed by atoms with Gasteiger partial charge in [0.25, 0.3) is 0 Å². The topological polar surface area (TPSA) is 43.1 Å². The highest BCUT2D eigenvalue weighted by atomic mass is 16.4. The molecule has 0 fully saturated rings. The standard InChI is InChI=1S/C8H5NO2/c10-8-2-1-6-5-9-4-3-7(6)11-8/h1-5H. The number of hydrogen-bond acceptors (Lipinski definition) is 3. The lowest BCUT2D eigenvalue weighted by Gasteiger charge is -1.90. The van der Waals surface area contributed by atoms with Crippen LogP contribution in [0.1, 0.15) is 0 Å². The van der Waals surface area contributed by atoms with Crippen LogP contribution in [0.25, 0.3) is 11.0 Å². The number of fused-ring (bicyclic) bond motifs is 1. The molecule has 0 amide bonds. The SMILES string of the molecule is O=c1ccc2cnccc2o1. The predicted octanol–water partition coefficient (Wildman–Crippen LogP) is 1.19. The minimum absolute atomic E-state index is 0.330. The van der Waals surface area contributed by atoms with Crippen LogP contribution in [-0.4, -0.2) is 4.98 Å². The summed E-state index contributed by atoms with van der Waals surface area (Å²) >= 11 is 0. The van der Waals surface area contributed by atoms with Gasteiger partial charge in [-0.25, -0.2) is 4.79 Å². The molecule has 0 atom stereocenters. The molecule has 2 rings (SSSR count). The molecule has 2 aromatic rings. The predicted molar refractivity (Wildman–Crippen MR) is 40.3 cm³/mol. The Bertz CT molecular complexity index is 433. The Morgan fingerprint density at radius 2 is 2.18 bits per heavy atom. The van der Waals surface area contributed by atoms with Crippen LogP contribution in [0.2, 0.25) is 0 Å². The van der Waals surface area contributed by atoms with Gasteiger partial charge in [0.15, 0.2) is 0 Å². The van der Waals surface area contributed by atoms with E-state index in [9.17, 15) is 4.79 Å². The van der Waals surface area contributed by atoms with Crippen LogP contribution < -0.4 is 5.63 Å². The lowest BCUT2D eigenvalue weighted by Crippen LogP contribution is -1.93. The molecule has 0 saturated heterocycles. The summed E-state index contributed by atoms with van der Waals surface area (Å²) in [5.41, 5.74) is 0.246. The largest absolute Gasteiger partial charge is 0.423 e. The highest BCUT2D eigenvalue weighted by Gasteiger charge is 1.92. The number of hydrogen-bond donors (Lipinski definition) is 0. The second kappa shape index (κ2) is 2.20. The molecule has 54 valence electrons. The molecule has 0 aliphatic rings. The maximum absolute atomic E-state index is 10.7. The quantitative estimate of drug-likeness (QED) is 0.562. The zero-order valence-electron chi connectivity index (χ0n) is 5.65. The molecule has 0 bridgehead atoms. The lowest BCUT2D eigenvalue weighted by atomic mass is 10.3. The van der Waals surface area contributed by atoms with Crippen LogP contribution in [0.4, 0.5) is 0 Å². The smallest absolute Gasteiger partial charge is 0.336 e. The number of nitrogens with zero attached hydrogens (tertiary/aromatic N) is 1. The van der Waals surface area contributed by atoms with Gasteiger partial charge in [-0.3, -0.25) is 4.98 Å². The normalized spacial score (nSPS) is 10.2. The molecule has 0 N–H and O–H groups in total. The number of aromatic nitrogens is 1. The maximum Gasteiger partial charge on any atom is 0.336 e. The Morgan fingerprint density at radius 3 is 3.09 bits per heavy atom. The molecular weight excluding hydrogens is 142 g/mol. The van der Waals surface area contributed by atoms with Crippen molar-refractivity contribution in [2.75, 3.05) is 0 Å². The van der Waals surface area contributed by atoms with Gasteiger partial charge >= 0.3 is 5.63 Å². The van der Waals surface area contributed by atoms with Crippen LogP contribution in [-0.2, 0) is 0 Å². The third kappa shape index (κ3) is 1.00. The maximum atomic E-state index is 10.7. The molecule has 0 aliphatic heterocycles. The Kier molecular flexibility index (Phi) is 1.22. The van der Waals surface area contributed by atoms with Gasteiger partial charge in [-0.1, -0.05) is 0 Å². The highest BCUT2D eigenvalue weighted by Crippen LogP contribution is 2.07. The minimum Gasteiger partial charge on any atom is -0.423 e. The van der Waals surface area contributed by atoms with E-state index in [2.05, 4.69) is 4.98 Å². The molecule has 0 aromatic carbocycles. The van der Waals surface area contributed by atoms with Crippen molar-refractivity contribution in [3.8, 4) is 0 Å². The van der Waals surface area contributed by atoms with E-state index < -0.39 is 0 Å². The number of pyridine rings is 1. The van der Waals surface area contributed by atoms with E-state index in [1.807, 2.05) is 0 Å². The minimum atomic E-state index is -0.330. The first-order valence-electron chi connectivity index (χ1n) is 3.20. The Balaban J connectivity index is 2.94. The van der Waals surface area contributed by atoms with Crippen molar-refractivity contribution in [2.24, 2.45) is 0 Å². The summed E-state index contributed by atoms with van der Waals surface area (Å²) in [6.45, 7) is 0. The zero-order chi connectivity index (χ0) is 7.68. The number of rotatable bonds is 0. The van der Waals surface area contributed by atoms with Crippen molar-refractivity contribution in [2.45, 2.75) is 0 Å². The van der Waals surface area contributed by atoms with Crippen LogP contribution >= 0.6 is 0 Å². The second-order valence-corrected chi connectivity index (χ2v) is 2.17. The van der Waals surface area contributed by atoms with Crippen LogP contribution in [0.5, 0.6) is 0 Å². The molecule has 0 aliphatic carbocycles. The first-order valence-corrected chi connectivity index (χ1v) is 3.20. The van der Waals surface area contributed by atoms with E-state index in [1.54, 1.807) is 24.5 Å². The van der Waals surface area contributed by atoms with E-state index in [1.165, 1.54) is 6.07 Å². The van der Waals surface area contributed by atoms with Crippen molar-refractivity contribution in [3.63, 3.8) is 0 Å². The van der Waals surface area contributed by atoms with E-state index in [0.29, 0.717) is 5.58 Å². The molecule has 2 heterocycles. The van der Waals surface area contributed by atoms with Gasteiger partial charge in [-0.05, 0) is 12.1 Å². The van der Waals surface area contributed by atoms with Gasteiger partial charge in [0.2, 0.25) is 0 Å². The molecular formula is C8H5NO2. The van der Waals surface area contributed by atoms with Gasteiger partial charge in [0.05, 0.1) is 0 Å². The third-order valence-corrected chi connectivity index (χ3v) is 1.42. The van der Waals surface area contributed by atoms with Crippen molar-refractivity contribution < 1.29 is 4.42 Å². The van der Waals surface area contributed by atoms with Crippen molar-refractivity contribution in [1.29, 1.82) is 0 Å². The van der Waals surface area contributed by atoms with E-state index >= 15 is 0 Å². The van der Waals surface area contributed by atoms with Crippen LogP contribution in [0, 0.1) is 0 Å². The summed E-state index contributed by atoms with van der Waals surface area (Å²) in [6.07, 6.45) is 3.24. The highest BCUT2D eigenvalue weighted by molar-refractivity contribution is 5.74. The third-order valence-electron chi connectivity index (χ3n) is 1.42. The molecule has 0 radical (unpaired) electrons. The van der Waals surface area contributed by atoms with Gasteiger partial charge in [-0.2, -0.15) is 0 Å². The zero-order valence-corrected chi connectivity index (χ0v) is 5.65. The van der Waals surface area contributed by atoms with Gasteiger partial charge in [0.1, 0.15) is 5.58 Å². The van der Waals surface area contributed by atoms with Crippen molar-refractivity contribution in [1.82, 2.24) is 4.98 Å². The molecule has 0 spiro atoms. The van der Waals surface area contributed by atoms with Crippen molar-refractivity contribution >= 4 is 11.0 Å². The van der Waals surface area contributed by atoms with Crippen LogP contribution in [0.3, 0.4) is 0 Å². The summed E-state index contributed by atoms with van der Waals surface area (Å²) in [7, 11) is 0. The summed E-state index contributed by atoms with van der Waals surface area (Å²) in [5.74, 6) is 0. The van der Waals surface area contributed by atoms with Gasteiger partial charge < -0.3 is 4.42 Å². The summed E-state index contributed by atoms with van der Waals surface area (Å²) in [6, 6.07) is 4.73. The molecule has 0 saturated carbocycles. The average molecular weight is 147 g/mol. The summed E-state index contributed by atoms with van der Waals surface area (Å²) in [5, 5.41) is 0.840. The summed E-state index contributed by atoms with van der Waals surface area (Å²) < 4.78 is 4.87. The van der Waals surface area contributed by atoms with E-state index in [4.69, 9.17) is 4.42 Å². The Morgan fingerprint density at radius 1 is 1.27 bits per heavy atom. The molecule has 3 heteroatoms. The Hall–Kier alpha value is -1.64. The fourth-order valence-corrected chi connectivity index (χ4v) is 0.912. The first kappa shape index (κ1) is 6.09. The summed E-state index contributed by atoms with van der Waals surface area (Å²) in [4.78, 5) is 14.6. The van der Waals surface area contributed by atoms with Gasteiger partial charge in [0, 0.05) is 23.8 Å². The molecule has 2 aromatic heterocycles. The van der Waals surface area contributed by atoms with Crippen LogP contribution in [0.15, 0.2) is 39.8 Å².